The molecule has 1 aromatic heterocycles. The zero-order valence-corrected chi connectivity index (χ0v) is 14.8. The van der Waals surface area contributed by atoms with E-state index >= 15 is 0 Å². The minimum absolute atomic E-state index is 0.108. The molecule has 7 nitrogen and oxygen atoms in total. The van der Waals surface area contributed by atoms with Gasteiger partial charge in [-0.25, -0.2) is 9.78 Å². The Hall–Kier alpha value is -2.35. The number of nitrogens with one attached hydrogen (secondary N) is 1. The van der Waals surface area contributed by atoms with Gasteiger partial charge in [-0.05, 0) is 43.4 Å². The highest BCUT2D eigenvalue weighted by Crippen LogP contribution is 2.23. The largest absolute Gasteiger partial charge is 0.478 e. The van der Waals surface area contributed by atoms with Gasteiger partial charge >= 0.3 is 5.97 Å². The van der Waals surface area contributed by atoms with Crippen molar-refractivity contribution in [2.45, 2.75) is 24.9 Å². The van der Waals surface area contributed by atoms with Crippen LogP contribution in [0.25, 0.3) is 0 Å². The van der Waals surface area contributed by atoms with Gasteiger partial charge in [-0.1, -0.05) is 23.9 Å². The monoisotopic (exact) mass is 360 g/mol. The fourth-order valence-corrected chi connectivity index (χ4v) is 3.69. The van der Waals surface area contributed by atoms with Crippen LogP contribution in [0.2, 0.25) is 0 Å². The summed E-state index contributed by atoms with van der Waals surface area (Å²) in [5, 5.41) is 16.3. The summed E-state index contributed by atoms with van der Waals surface area (Å²) in [6.07, 6.45) is 1.83. The van der Waals surface area contributed by atoms with Crippen molar-refractivity contribution in [2.24, 2.45) is 5.92 Å². The van der Waals surface area contributed by atoms with Crippen LogP contribution in [-0.2, 0) is 11.2 Å². The number of rotatable bonds is 6. The van der Waals surface area contributed by atoms with Gasteiger partial charge in [0.05, 0.1) is 11.3 Å². The molecule has 1 atom stereocenters. The number of benzene rings is 1. The van der Waals surface area contributed by atoms with E-state index in [2.05, 4.69) is 15.2 Å². The Kier molecular flexibility index (Phi) is 5.37. The van der Waals surface area contributed by atoms with Gasteiger partial charge in [0.25, 0.3) is 0 Å². The van der Waals surface area contributed by atoms with Crippen molar-refractivity contribution in [1.82, 2.24) is 20.1 Å². The third-order valence-corrected chi connectivity index (χ3v) is 5.10. The molecule has 1 unspecified atom stereocenters. The number of aromatic carboxylic acids is 1. The van der Waals surface area contributed by atoms with E-state index in [1.165, 1.54) is 11.8 Å². The van der Waals surface area contributed by atoms with E-state index in [1.54, 1.807) is 12.1 Å². The first-order chi connectivity index (χ1) is 12.0. The Labute approximate surface area is 149 Å². The molecule has 0 radical (unpaired) electrons. The number of hydrogen-bond acceptors (Lipinski definition) is 5. The van der Waals surface area contributed by atoms with Gasteiger partial charge in [-0.15, -0.1) is 5.10 Å². The average molecular weight is 360 g/mol. The summed E-state index contributed by atoms with van der Waals surface area (Å²) >= 11 is 1.35. The molecule has 2 heterocycles. The lowest BCUT2D eigenvalue weighted by Crippen LogP contribution is -2.30. The molecule has 1 aliphatic rings. The number of carbonyl (C=O) groups is 2. The van der Waals surface area contributed by atoms with E-state index in [0.717, 1.165) is 37.3 Å². The minimum atomic E-state index is -0.914. The lowest BCUT2D eigenvalue weighted by atomic mass is 9.98. The van der Waals surface area contributed by atoms with E-state index in [9.17, 15) is 9.59 Å². The third kappa shape index (κ3) is 4.60. The molecule has 1 saturated heterocycles. The summed E-state index contributed by atoms with van der Waals surface area (Å²) in [7, 11) is 0. The Balaban J connectivity index is 1.47. The number of aryl methyl sites for hydroxylation is 1. The van der Waals surface area contributed by atoms with Gasteiger partial charge in [-0.3, -0.25) is 9.89 Å². The third-order valence-electron chi connectivity index (χ3n) is 4.27. The van der Waals surface area contributed by atoms with Crippen molar-refractivity contribution in [3.63, 3.8) is 0 Å². The van der Waals surface area contributed by atoms with Crippen LogP contribution in [-0.4, -0.2) is 55.9 Å². The highest BCUT2D eigenvalue weighted by molar-refractivity contribution is 7.99. The predicted molar refractivity (Wildman–Crippen MR) is 93.6 cm³/mol. The normalized spacial score (nSPS) is 17.0. The van der Waals surface area contributed by atoms with E-state index in [0.29, 0.717) is 22.4 Å². The van der Waals surface area contributed by atoms with Crippen molar-refractivity contribution >= 4 is 23.6 Å². The number of thioether (sulfide) groups is 1. The molecule has 1 amide bonds. The van der Waals surface area contributed by atoms with Crippen LogP contribution >= 0.6 is 11.8 Å². The SMILES string of the molecule is Cc1nc(SCC(=O)N2CCC(Cc3ccc(C(=O)O)cc3)C2)n[nH]1. The highest BCUT2D eigenvalue weighted by atomic mass is 32.2. The Morgan fingerprint density at radius 3 is 2.76 bits per heavy atom. The molecule has 8 heteroatoms. The molecule has 0 spiro atoms. The molecule has 3 rings (SSSR count). The second-order valence-corrected chi connectivity index (χ2v) is 7.14. The summed E-state index contributed by atoms with van der Waals surface area (Å²) < 4.78 is 0. The minimum Gasteiger partial charge on any atom is -0.478 e. The van der Waals surface area contributed by atoms with E-state index in [1.807, 2.05) is 24.0 Å². The predicted octanol–water partition coefficient (Wildman–Crippen LogP) is 1.99. The van der Waals surface area contributed by atoms with Gasteiger partial charge in [0.2, 0.25) is 11.1 Å². The number of amides is 1. The summed E-state index contributed by atoms with van der Waals surface area (Å²) in [6.45, 7) is 3.34. The lowest BCUT2D eigenvalue weighted by molar-refractivity contribution is -0.127. The number of likely N-dealkylation sites (tertiary alicyclic amines) is 1. The molecule has 25 heavy (non-hydrogen) atoms. The number of carboxylic acids is 1. The Bertz CT molecular complexity index is 760. The fourth-order valence-electron chi connectivity index (χ4n) is 2.95. The number of nitrogens with zero attached hydrogens (tertiary/aromatic N) is 3. The van der Waals surface area contributed by atoms with E-state index < -0.39 is 5.97 Å². The number of aromatic amines is 1. The molecule has 0 bridgehead atoms. The van der Waals surface area contributed by atoms with Crippen LogP contribution in [0.1, 0.15) is 28.2 Å². The van der Waals surface area contributed by atoms with Gasteiger partial charge in [0.1, 0.15) is 5.82 Å². The zero-order chi connectivity index (χ0) is 17.8. The maximum atomic E-state index is 12.3. The molecule has 1 aliphatic heterocycles. The van der Waals surface area contributed by atoms with Crippen LogP contribution in [0, 0.1) is 12.8 Å². The van der Waals surface area contributed by atoms with Crippen molar-refractivity contribution in [3.05, 3.63) is 41.2 Å². The molecular weight excluding hydrogens is 340 g/mol. The fraction of sp³-hybridized carbons (Fsp3) is 0.412. The maximum absolute atomic E-state index is 12.3. The van der Waals surface area contributed by atoms with Gasteiger partial charge in [-0.2, -0.15) is 0 Å². The van der Waals surface area contributed by atoms with Crippen LogP contribution in [0.15, 0.2) is 29.4 Å². The van der Waals surface area contributed by atoms with Crippen LogP contribution < -0.4 is 0 Å². The summed E-state index contributed by atoms with van der Waals surface area (Å²) in [5.41, 5.74) is 1.40. The van der Waals surface area contributed by atoms with Crippen molar-refractivity contribution in [2.75, 3.05) is 18.8 Å². The van der Waals surface area contributed by atoms with Crippen LogP contribution in [0.4, 0.5) is 0 Å². The molecule has 1 aromatic carbocycles. The average Bonchev–Trinajstić information content (AvgIpc) is 3.22. The van der Waals surface area contributed by atoms with Crippen molar-refractivity contribution < 1.29 is 14.7 Å². The molecule has 132 valence electrons. The number of aromatic nitrogens is 3. The topological polar surface area (TPSA) is 99.2 Å². The standard InChI is InChI=1S/C17H20N4O3S/c1-11-18-17(20-19-11)25-10-15(22)21-7-6-13(9-21)8-12-2-4-14(5-3-12)16(23)24/h2-5,13H,6-10H2,1H3,(H,23,24)(H,18,19,20). The number of H-pyrrole nitrogens is 1. The lowest BCUT2D eigenvalue weighted by Gasteiger charge is -2.16. The summed E-state index contributed by atoms with van der Waals surface area (Å²) in [6, 6.07) is 6.97. The second kappa shape index (κ2) is 7.69. The molecule has 1 fully saturated rings. The van der Waals surface area contributed by atoms with Gasteiger partial charge in [0.15, 0.2) is 0 Å². The molecule has 0 saturated carbocycles. The first-order valence-corrected chi connectivity index (χ1v) is 9.11. The Morgan fingerprint density at radius 1 is 1.36 bits per heavy atom. The quantitative estimate of drug-likeness (QED) is 0.765. The first kappa shape index (κ1) is 17.5. The molecule has 0 aliphatic carbocycles. The highest BCUT2D eigenvalue weighted by Gasteiger charge is 2.26. The molecule has 2 N–H and O–H groups in total. The smallest absolute Gasteiger partial charge is 0.335 e. The van der Waals surface area contributed by atoms with Gasteiger partial charge < -0.3 is 10.0 Å². The van der Waals surface area contributed by atoms with Crippen LogP contribution in [0.3, 0.4) is 0 Å². The zero-order valence-electron chi connectivity index (χ0n) is 13.9. The van der Waals surface area contributed by atoms with Gasteiger partial charge in [0, 0.05) is 13.1 Å². The maximum Gasteiger partial charge on any atom is 0.335 e. The first-order valence-electron chi connectivity index (χ1n) is 8.13. The molecule has 2 aromatic rings. The second-order valence-electron chi connectivity index (χ2n) is 6.19. The van der Waals surface area contributed by atoms with Crippen molar-refractivity contribution in [3.8, 4) is 0 Å². The Morgan fingerprint density at radius 2 is 2.12 bits per heavy atom. The van der Waals surface area contributed by atoms with E-state index in [4.69, 9.17) is 5.11 Å². The summed E-state index contributed by atoms with van der Waals surface area (Å²) in [5.74, 6) is 0.692. The molecular formula is C17H20N4O3S. The van der Waals surface area contributed by atoms with Crippen LogP contribution in [0.5, 0.6) is 0 Å². The number of hydrogen-bond donors (Lipinski definition) is 2. The number of carboxylic acid groups (broad SMARTS) is 1. The summed E-state index contributed by atoms with van der Waals surface area (Å²) in [4.78, 5) is 29.3. The number of carbonyl (C=O) groups excluding carboxylic acids is 1. The van der Waals surface area contributed by atoms with Crippen molar-refractivity contribution in [1.29, 1.82) is 0 Å². The van der Waals surface area contributed by atoms with E-state index in [-0.39, 0.29) is 5.91 Å².